The van der Waals surface area contributed by atoms with Gasteiger partial charge in [-0.3, -0.25) is 14.9 Å². The molecule has 0 aliphatic rings. The monoisotopic (exact) mass is 418 g/mol. The molecule has 0 fully saturated rings. The SMILES string of the molecule is CC(c1cccc([N+](=O)[O-])c1)N(C)C(=O)Nc1ccc(C(=O)Nc2ccccc2)cc1. The first-order valence-electron chi connectivity index (χ1n) is 9.60. The van der Waals surface area contributed by atoms with Gasteiger partial charge in [-0.2, -0.15) is 0 Å². The number of nitro benzene ring substituents is 1. The van der Waals surface area contributed by atoms with Crippen molar-refractivity contribution in [3.63, 3.8) is 0 Å². The van der Waals surface area contributed by atoms with Crippen molar-refractivity contribution < 1.29 is 14.5 Å². The van der Waals surface area contributed by atoms with E-state index in [0.717, 1.165) is 0 Å². The molecule has 158 valence electrons. The van der Waals surface area contributed by atoms with Crippen LogP contribution in [-0.2, 0) is 0 Å². The van der Waals surface area contributed by atoms with Crippen molar-refractivity contribution in [2.45, 2.75) is 13.0 Å². The van der Waals surface area contributed by atoms with Crippen LogP contribution in [0.3, 0.4) is 0 Å². The van der Waals surface area contributed by atoms with Crippen molar-refractivity contribution in [1.29, 1.82) is 0 Å². The van der Waals surface area contributed by atoms with E-state index >= 15 is 0 Å². The summed E-state index contributed by atoms with van der Waals surface area (Å²) in [5.41, 5.74) is 2.31. The number of non-ortho nitro benzene ring substituents is 1. The molecule has 0 saturated heterocycles. The molecule has 8 nitrogen and oxygen atoms in total. The number of nitrogens with one attached hydrogen (secondary N) is 2. The van der Waals surface area contributed by atoms with Gasteiger partial charge in [0, 0.05) is 36.1 Å². The summed E-state index contributed by atoms with van der Waals surface area (Å²) in [5.74, 6) is -0.250. The molecular weight excluding hydrogens is 396 g/mol. The van der Waals surface area contributed by atoms with Gasteiger partial charge in [0.15, 0.2) is 0 Å². The van der Waals surface area contributed by atoms with Gasteiger partial charge in [-0.25, -0.2) is 4.79 Å². The van der Waals surface area contributed by atoms with Crippen LogP contribution in [-0.4, -0.2) is 28.8 Å². The first-order chi connectivity index (χ1) is 14.8. The Morgan fingerprint density at radius 1 is 0.903 bits per heavy atom. The number of nitro groups is 1. The molecule has 3 rings (SSSR count). The lowest BCUT2D eigenvalue weighted by Gasteiger charge is -2.25. The van der Waals surface area contributed by atoms with Gasteiger partial charge in [-0.05, 0) is 48.9 Å². The Morgan fingerprint density at radius 2 is 1.55 bits per heavy atom. The highest BCUT2D eigenvalue weighted by atomic mass is 16.6. The summed E-state index contributed by atoms with van der Waals surface area (Å²) in [6, 6.07) is 21.1. The number of carbonyl (C=O) groups is 2. The zero-order valence-corrected chi connectivity index (χ0v) is 17.1. The summed E-state index contributed by atoms with van der Waals surface area (Å²) in [6.45, 7) is 1.79. The second kappa shape index (κ2) is 9.53. The van der Waals surface area contributed by atoms with Crippen molar-refractivity contribution in [3.8, 4) is 0 Å². The van der Waals surface area contributed by atoms with Gasteiger partial charge < -0.3 is 15.5 Å². The van der Waals surface area contributed by atoms with Crippen molar-refractivity contribution >= 4 is 29.0 Å². The van der Waals surface area contributed by atoms with E-state index in [9.17, 15) is 19.7 Å². The second-order valence-corrected chi connectivity index (χ2v) is 6.97. The number of rotatable bonds is 6. The van der Waals surface area contributed by atoms with Crippen molar-refractivity contribution in [2.75, 3.05) is 17.7 Å². The molecule has 1 unspecified atom stereocenters. The first-order valence-corrected chi connectivity index (χ1v) is 9.60. The summed E-state index contributed by atoms with van der Waals surface area (Å²) < 4.78 is 0. The molecule has 0 aromatic heterocycles. The zero-order chi connectivity index (χ0) is 22.4. The largest absolute Gasteiger partial charge is 0.322 e. The average molecular weight is 418 g/mol. The lowest BCUT2D eigenvalue weighted by molar-refractivity contribution is -0.384. The van der Waals surface area contributed by atoms with Gasteiger partial charge in [0.05, 0.1) is 11.0 Å². The Morgan fingerprint density at radius 3 is 2.19 bits per heavy atom. The lowest BCUT2D eigenvalue weighted by Crippen LogP contribution is -2.33. The molecule has 1 atom stereocenters. The van der Waals surface area contributed by atoms with Crippen LogP contribution in [0.2, 0.25) is 0 Å². The molecule has 3 amide bonds. The highest BCUT2D eigenvalue weighted by Crippen LogP contribution is 2.24. The Bertz CT molecular complexity index is 1080. The Kier molecular flexibility index (Phi) is 6.61. The number of anilines is 2. The van der Waals surface area contributed by atoms with Crippen molar-refractivity contribution in [2.24, 2.45) is 0 Å². The van der Waals surface area contributed by atoms with Crippen LogP contribution in [0, 0.1) is 10.1 Å². The van der Waals surface area contributed by atoms with E-state index < -0.39 is 4.92 Å². The van der Waals surface area contributed by atoms with Gasteiger partial charge in [0.25, 0.3) is 11.6 Å². The molecule has 0 aliphatic heterocycles. The fraction of sp³-hybridized carbons (Fsp3) is 0.130. The van der Waals surface area contributed by atoms with Gasteiger partial charge in [-0.15, -0.1) is 0 Å². The van der Waals surface area contributed by atoms with Crippen molar-refractivity contribution in [1.82, 2.24) is 4.90 Å². The maximum atomic E-state index is 12.6. The summed E-state index contributed by atoms with van der Waals surface area (Å²) in [6.07, 6.45) is 0. The standard InChI is InChI=1S/C23H22N4O4/c1-16(18-7-6-10-21(15-18)27(30)31)26(2)23(29)25-20-13-11-17(12-14-20)22(28)24-19-8-4-3-5-9-19/h3-16H,1-2H3,(H,24,28)(H,25,29). The van der Waals surface area contributed by atoms with Gasteiger partial charge in [-0.1, -0.05) is 30.3 Å². The number of para-hydroxylation sites is 1. The smallest absolute Gasteiger partial charge is 0.322 e. The van der Waals surface area contributed by atoms with E-state index in [1.807, 2.05) is 18.2 Å². The third-order valence-corrected chi connectivity index (χ3v) is 4.89. The number of nitrogens with zero attached hydrogens (tertiary/aromatic N) is 2. The van der Waals surface area contributed by atoms with E-state index in [1.54, 1.807) is 62.5 Å². The molecule has 0 radical (unpaired) electrons. The van der Waals surface area contributed by atoms with Crippen LogP contribution in [0.25, 0.3) is 0 Å². The van der Waals surface area contributed by atoms with Crippen LogP contribution in [0.4, 0.5) is 21.9 Å². The lowest BCUT2D eigenvalue weighted by atomic mass is 10.1. The molecule has 3 aromatic carbocycles. The summed E-state index contributed by atoms with van der Waals surface area (Å²) >= 11 is 0. The number of benzene rings is 3. The van der Waals surface area contributed by atoms with Crippen LogP contribution >= 0.6 is 0 Å². The van der Waals surface area contributed by atoms with E-state index in [0.29, 0.717) is 22.5 Å². The minimum atomic E-state index is -0.466. The highest BCUT2D eigenvalue weighted by Gasteiger charge is 2.19. The van der Waals surface area contributed by atoms with Gasteiger partial charge in [0.2, 0.25) is 0 Å². The van der Waals surface area contributed by atoms with Crippen LogP contribution in [0.5, 0.6) is 0 Å². The summed E-state index contributed by atoms with van der Waals surface area (Å²) in [4.78, 5) is 36.9. The van der Waals surface area contributed by atoms with E-state index in [2.05, 4.69) is 10.6 Å². The molecule has 0 heterocycles. The Hall–Kier alpha value is -4.20. The minimum absolute atomic E-state index is 0.0254. The van der Waals surface area contributed by atoms with Crippen molar-refractivity contribution in [3.05, 3.63) is 100 Å². The number of amides is 3. The number of carbonyl (C=O) groups excluding carboxylic acids is 2. The zero-order valence-electron chi connectivity index (χ0n) is 17.1. The topological polar surface area (TPSA) is 105 Å². The highest BCUT2D eigenvalue weighted by molar-refractivity contribution is 6.04. The molecular formula is C23H22N4O4. The third kappa shape index (κ3) is 5.45. The predicted octanol–water partition coefficient (Wildman–Crippen LogP) is 5.07. The number of hydrogen-bond acceptors (Lipinski definition) is 4. The molecule has 31 heavy (non-hydrogen) atoms. The average Bonchev–Trinajstić information content (AvgIpc) is 2.79. The third-order valence-electron chi connectivity index (χ3n) is 4.89. The molecule has 0 aliphatic carbocycles. The fourth-order valence-electron chi connectivity index (χ4n) is 2.94. The summed E-state index contributed by atoms with van der Waals surface area (Å²) in [7, 11) is 1.61. The number of hydrogen-bond donors (Lipinski definition) is 2. The van der Waals surface area contributed by atoms with Crippen LogP contribution in [0.1, 0.15) is 28.9 Å². The minimum Gasteiger partial charge on any atom is -0.322 e. The van der Waals surface area contributed by atoms with Crippen LogP contribution in [0.15, 0.2) is 78.9 Å². The molecule has 2 N–H and O–H groups in total. The van der Waals surface area contributed by atoms with E-state index in [4.69, 9.17) is 0 Å². The van der Waals surface area contributed by atoms with Gasteiger partial charge >= 0.3 is 6.03 Å². The normalized spacial score (nSPS) is 11.3. The van der Waals surface area contributed by atoms with Gasteiger partial charge in [0.1, 0.15) is 0 Å². The second-order valence-electron chi connectivity index (χ2n) is 6.97. The van der Waals surface area contributed by atoms with Crippen LogP contribution < -0.4 is 10.6 Å². The molecule has 3 aromatic rings. The predicted molar refractivity (Wildman–Crippen MR) is 119 cm³/mol. The molecule has 0 spiro atoms. The maximum absolute atomic E-state index is 12.6. The molecule has 8 heteroatoms. The van der Waals surface area contributed by atoms with E-state index in [-0.39, 0.29) is 23.7 Å². The molecule has 0 bridgehead atoms. The number of urea groups is 1. The Balaban J connectivity index is 1.62. The molecule has 0 saturated carbocycles. The summed E-state index contributed by atoms with van der Waals surface area (Å²) in [5, 5.41) is 16.5. The fourth-order valence-corrected chi connectivity index (χ4v) is 2.94. The first kappa shape index (κ1) is 21.5. The Labute approximate surface area is 179 Å². The quantitative estimate of drug-likeness (QED) is 0.431. The van der Waals surface area contributed by atoms with E-state index in [1.165, 1.54) is 17.0 Å². The maximum Gasteiger partial charge on any atom is 0.322 e.